The van der Waals surface area contributed by atoms with Gasteiger partial charge < -0.3 is 14.3 Å². The van der Waals surface area contributed by atoms with Crippen LogP contribution in [0.15, 0.2) is 61.0 Å². The standard InChI is InChI=1S/C28H30BrNO6S/c1-35-23-13-7-11-21(29)27(23)37(33,34)30-19-9-6-8-18(16-19)24(17-14-15-17)25-26(31)20-10-4-2-3-5-12-22(20)36-28(25)32/h6-9,11,13,16-17,24,30-31H,2-5,10,12,14-15H2,1H3. The monoisotopic (exact) mass is 587 g/mol. The zero-order valence-corrected chi connectivity index (χ0v) is 23.0. The van der Waals surface area contributed by atoms with Crippen molar-refractivity contribution < 1.29 is 22.7 Å². The molecule has 2 N–H and O–H groups in total. The molecule has 0 spiro atoms. The minimum Gasteiger partial charge on any atom is -0.507 e. The van der Waals surface area contributed by atoms with Crippen LogP contribution in [-0.2, 0) is 22.9 Å². The third kappa shape index (κ3) is 5.29. The lowest BCUT2D eigenvalue weighted by atomic mass is 9.85. The lowest BCUT2D eigenvalue weighted by Crippen LogP contribution is -2.19. The number of anilines is 1. The number of methoxy groups -OCH3 is 1. The maximum atomic E-state index is 13.3. The Kier molecular flexibility index (Phi) is 7.36. The Hall–Kier alpha value is -2.78. The van der Waals surface area contributed by atoms with Crippen LogP contribution in [0.25, 0.3) is 0 Å². The van der Waals surface area contributed by atoms with Crippen LogP contribution in [0.2, 0.25) is 0 Å². The maximum Gasteiger partial charge on any atom is 0.343 e. The first-order chi connectivity index (χ1) is 17.8. The van der Waals surface area contributed by atoms with Crippen molar-refractivity contribution in [3.63, 3.8) is 0 Å². The molecule has 3 aromatic rings. The predicted molar refractivity (Wildman–Crippen MR) is 145 cm³/mol. The second-order valence-electron chi connectivity index (χ2n) is 9.79. The highest BCUT2D eigenvalue weighted by Gasteiger charge is 2.38. The Morgan fingerprint density at radius 2 is 1.81 bits per heavy atom. The van der Waals surface area contributed by atoms with Crippen molar-refractivity contribution in [1.29, 1.82) is 0 Å². The molecule has 0 aliphatic heterocycles. The van der Waals surface area contributed by atoms with Gasteiger partial charge in [-0.1, -0.05) is 31.0 Å². The highest BCUT2D eigenvalue weighted by molar-refractivity contribution is 9.10. The van der Waals surface area contributed by atoms with E-state index in [4.69, 9.17) is 9.15 Å². The third-order valence-electron chi connectivity index (χ3n) is 7.22. The van der Waals surface area contributed by atoms with Gasteiger partial charge in [0, 0.05) is 28.1 Å². The molecule has 37 heavy (non-hydrogen) atoms. The van der Waals surface area contributed by atoms with Crippen LogP contribution < -0.4 is 15.1 Å². The molecule has 0 radical (unpaired) electrons. The van der Waals surface area contributed by atoms with Crippen molar-refractivity contribution in [1.82, 2.24) is 0 Å². The summed E-state index contributed by atoms with van der Waals surface area (Å²) < 4.78 is 40.7. The van der Waals surface area contributed by atoms with E-state index in [1.807, 2.05) is 6.07 Å². The van der Waals surface area contributed by atoms with Gasteiger partial charge in [0.15, 0.2) is 0 Å². The fourth-order valence-corrected chi connectivity index (χ4v) is 7.58. The minimum absolute atomic E-state index is 0.00149. The fraction of sp³-hybridized carbons (Fsp3) is 0.393. The Bertz CT molecular complexity index is 1480. The summed E-state index contributed by atoms with van der Waals surface area (Å²) in [7, 11) is -2.57. The highest BCUT2D eigenvalue weighted by atomic mass is 79.9. The van der Waals surface area contributed by atoms with E-state index in [-0.39, 0.29) is 33.8 Å². The molecular formula is C28H30BrNO6S. The number of fused-ring (bicyclic) bond motifs is 1. The zero-order chi connectivity index (χ0) is 26.2. The quantitative estimate of drug-likeness (QED) is 0.345. The van der Waals surface area contributed by atoms with Crippen LogP contribution in [0.1, 0.15) is 66.9 Å². The molecule has 0 bridgehead atoms. The Labute approximate surface area is 225 Å². The van der Waals surface area contributed by atoms with Gasteiger partial charge in [0.05, 0.1) is 12.7 Å². The van der Waals surface area contributed by atoms with Gasteiger partial charge in [-0.25, -0.2) is 13.2 Å². The van der Waals surface area contributed by atoms with Gasteiger partial charge in [-0.15, -0.1) is 0 Å². The average molecular weight is 589 g/mol. The topological polar surface area (TPSA) is 106 Å². The van der Waals surface area contributed by atoms with Crippen molar-refractivity contribution in [3.8, 4) is 11.5 Å². The van der Waals surface area contributed by atoms with Gasteiger partial charge in [0.1, 0.15) is 22.2 Å². The van der Waals surface area contributed by atoms with Crippen LogP contribution >= 0.6 is 15.9 Å². The summed E-state index contributed by atoms with van der Waals surface area (Å²) >= 11 is 3.32. The summed E-state index contributed by atoms with van der Waals surface area (Å²) in [6.07, 6.45) is 7.23. The molecule has 5 rings (SSSR count). The fourth-order valence-electron chi connectivity index (χ4n) is 5.31. The van der Waals surface area contributed by atoms with Crippen LogP contribution in [0.5, 0.6) is 11.5 Å². The molecule has 1 unspecified atom stereocenters. The molecule has 196 valence electrons. The molecule has 1 saturated carbocycles. The third-order valence-corrected chi connectivity index (χ3v) is 9.60. The molecular weight excluding hydrogens is 558 g/mol. The number of hydrogen-bond acceptors (Lipinski definition) is 6. The van der Waals surface area contributed by atoms with E-state index in [2.05, 4.69) is 20.7 Å². The summed E-state index contributed by atoms with van der Waals surface area (Å²) in [5, 5.41) is 11.3. The molecule has 9 heteroatoms. The Morgan fingerprint density at radius 1 is 1.08 bits per heavy atom. The number of ether oxygens (including phenoxy) is 1. The van der Waals surface area contributed by atoms with E-state index in [9.17, 15) is 18.3 Å². The molecule has 0 saturated heterocycles. The van der Waals surface area contributed by atoms with Gasteiger partial charge >= 0.3 is 5.63 Å². The molecule has 7 nitrogen and oxygen atoms in total. The van der Waals surface area contributed by atoms with Crippen molar-refractivity contribution in [3.05, 3.63) is 79.8 Å². The number of benzene rings is 2. The number of aryl methyl sites for hydroxylation is 1. The van der Waals surface area contributed by atoms with E-state index in [1.54, 1.807) is 36.4 Å². The maximum absolute atomic E-state index is 13.3. The SMILES string of the molecule is COc1cccc(Br)c1S(=O)(=O)Nc1cccc(C(c2c(O)c3c(oc2=O)CCCCCC3)C2CC2)c1. The van der Waals surface area contributed by atoms with Crippen molar-refractivity contribution >= 4 is 31.6 Å². The van der Waals surface area contributed by atoms with Crippen LogP contribution in [0.4, 0.5) is 5.69 Å². The van der Waals surface area contributed by atoms with Crippen LogP contribution in [0.3, 0.4) is 0 Å². The first-order valence-corrected chi connectivity index (χ1v) is 14.9. The van der Waals surface area contributed by atoms with E-state index < -0.39 is 15.6 Å². The Morgan fingerprint density at radius 3 is 2.54 bits per heavy atom. The highest BCUT2D eigenvalue weighted by Crippen LogP contribution is 2.49. The zero-order valence-electron chi connectivity index (χ0n) is 20.6. The first kappa shape index (κ1) is 25.9. The van der Waals surface area contributed by atoms with Gasteiger partial charge in [-0.3, -0.25) is 4.72 Å². The largest absolute Gasteiger partial charge is 0.507 e. The van der Waals surface area contributed by atoms with E-state index >= 15 is 0 Å². The molecule has 0 amide bonds. The second-order valence-corrected chi connectivity index (χ2v) is 12.3. The predicted octanol–water partition coefficient (Wildman–Crippen LogP) is 6.12. The van der Waals surface area contributed by atoms with Crippen LogP contribution in [-0.4, -0.2) is 20.6 Å². The summed E-state index contributed by atoms with van der Waals surface area (Å²) in [6, 6.07) is 11.9. The number of nitrogens with one attached hydrogen (secondary N) is 1. The van der Waals surface area contributed by atoms with E-state index in [1.165, 1.54) is 7.11 Å². The normalized spacial score (nSPS) is 16.8. The number of rotatable bonds is 7. The van der Waals surface area contributed by atoms with Crippen molar-refractivity contribution in [2.45, 2.75) is 62.2 Å². The van der Waals surface area contributed by atoms with Gasteiger partial charge in [-0.05, 0) is 83.8 Å². The summed E-state index contributed by atoms with van der Waals surface area (Å²) in [6.45, 7) is 0. The van der Waals surface area contributed by atoms with Gasteiger partial charge in [0.2, 0.25) is 0 Å². The molecule has 2 aromatic carbocycles. The van der Waals surface area contributed by atoms with Crippen molar-refractivity contribution in [2.24, 2.45) is 5.92 Å². The summed E-state index contributed by atoms with van der Waals surface area (Å²) in [5.74, 6) is 0.667. The number of halogens is 1. The number of sulfonamides is 1. The first-order valence-electron chi connectivity index (χ1n) is 12.6. The summed E-state index contributed by atoms with van der Waals surface area (Å²) in [4.78, 5) is 13.2. The van der Waals surface area contributed by atoms with E-state index in [0.717, 1.165) is 49.7 Å². The minimum atomic E-state index is -3.99. The average Bonchev–Trinajstić information content (AvgIpc) is 3.67. The molecule has 1 fully saturated rings. The van der Waals surface area contributed by atoms with Gasteiger partial charge in [0.25, 0.3) is 10.0 Å². The molecule has 1 aromatic heterocycles. The van der Waals surface area contributed by atoms with Crippen LogP contribution in [0, 0.1) is 5.92 Å². The lowest BCUT2D eigenvalue weighted by Gasteiger charge is -2.22. The smallest absolute Gasteiger partial charge is 0.343 e. The Balaban J connectivity index is 1.54. The molecule has 1 heterocycles. The van der Waals surface area contributed by atoms with Crippen molar-refractivity contribution in [2.75, 3.05) is 11.8 Å². The lowest BCUT2D eigenvalue weighted by molar-refractivity contribution is 0.382. The number of hydrogen-bond donors (Lipinski definition) is 2. The molecule has 2 aliphatic rings. The molecule has 1 atom stereocenters. The van der Waals surface area contributed by atoms with E-state index in [0.29, 0.717) is 28.8 Å². The molecule has 2 aliphatic carbocycles. The summed E-state index contributed by atoms with van der Waals surface area (Å²) in [5.41, 5.74) is 1.65. The number of aromatic hydroxyl groups is 1. The second kappa shape index (κ2) is 10.5. The van der Waals surface area contributed by atoms with Gasteiger partial charge in [-0.2, -0.15) is 0 Å².